The third-order valence-electron chi connectivity index (χ3n) is 2.16. The normalized spacial score (nSPS) is 13.1. The summed E-state index contributed by atoms with van der Waals surface area (Å²) in [6, 6.07) is 3.05. The van der Waals surface area contributed by atoms with Gasteiger partial charge in [0, 0.05) is 11.1 Å². The molecule has 0 aliphatic rings. The largest absolute Gasteiger partial charge is 0.416 e. The van der Waals surface area contributed by atoms with E-state index in [2.05, 4.69) is 0 Å². The Balaban J connectivity index is 0.00000225. The molecule has 0 aromatic heterocycles. The van der Waals surface area contributed by atoms with Gasteiger partial charge >= 0.3 is 6.18 Å². The van der Waals surface area contributed by atoms with E-state index in [4.69, 9.17) is 17.3 Å². The molecule has 1 atom stereocenters. The molecule has 0 amide bonds. The van der Waals surface area contributed by atoms with Crippen LogP contribution in [-0.2, 0) is 6.18 Å². The van der Waals surface area contributed by atoms with Crippen molar-refractivity contribution in [3.8, 4) is 0 Å². The quantitative estimate of drug-likeness (QED) is 0.859. The molecule has 0 heterocycles. The second-order valence-electron chi connectivity index (χ2n) is 3.24. The zero-order chi connectivity index (χ0) is 11.6. The van der Waals surface area contributed by atoms with E-state index in [0.717, 1.165) is 6.07 Å². The highest BCUT2D eigenvalue weighted by Crippen LogP contribution is 2.36. The third-order valence-corrected chi connectivity index (χ3v) is 2.40. The van der Waals surface area contributed by atoms with Gasteiger partial charge in [-0.1, -0.05) is 24.6 Å². The molecule has 0 saturated heterocycles. The van der Waals surface area contributed by atoms with Gasteiger partial charge in [0.1, 0.15) is 0 Å². The van der Waals surface area contributed by atoms with Crippen molar-refractivity contribution in [3.63, 3.8) is 0 Å². The van der Waals surface area contributed by atoms with Crippen LogP contribution in [0.2, 0.25) is 5.02 Å². The molecule has 1 aromatic rings. The number of halogens is 5. The topological polar surface area (TPSA) is 26.0 Å². The molecule has 1 rings (SSSR count). The zero-order valence-electron chi connectivity index (χ0n) is 8.51. The fourth-order valence-electron chi connectivity index (χ4n) is 1.32. The molecular formula is C10H12Cl2F3N. The molecule has 0 aliphatic carbocycles. The van der Waals surface area contributed by atoms with Crippen molar-refractivity contribution in [3.05, 3.63) is 34.3 Å². The number of nitrogens with two attached hydrogens (primary N) is 1. The third kappa shape index (κ3) is 3.54. The molecule has 0 aliphatic heterocycles. The smallest absolute Gasteiger partial charge is 0.324 e. The fraction of sp³-hybridized carbons (Fsp3) is 0.400. The molecule has 16 heavy (non-hydrogen) atoms. The average molecular weight is 274 g/mol. The van der Waals surface area contributed by atoms with Gasteiger partial charge in [-0.15, -0.1) is 12.4 Å². The minimum absolute atomic E-state index is 0. The monoisotopic (exact) mass is 273 g/mol. The minimum Gasteiger partial charge on any atom is -0.324 e. The van der Waals surface area contributed by atoms with Crippen LogP contribution in [0, 0.1) is 0 Å². The predicted octanol–water partition coefficient (Wildman–Crippen LogP) is 4.19. The average Bonchev–Trinajstić information content (AvgIpc) is 2.15. The SMILES string of the molecule is CC[C@H](N)c1ccc(Cl)cc1C(F)(F)F.Cl. The summed E-state index contributed by atoms with van der Waals surface area (Å²) in [4.78, 5) is 0. The van der Waals surface area contributed by atoms with Crippen molar-refractivity contribution >= 4 is 24.0 Å². The Hall–Kier alpha value is -0.450. The van der Waals surface area contributed by atoms with E-state index in [1.807, 2.05) is 0 Å². The summed E-state index contributed by atoms with van der Waals surface area (Å²) in [6.07, 6.45) is -3.96. The molecule has 0 fully saturated rings. The minimum atomic E-state index is -4.41. The van der Waals surface area contributed by atoms with E-state index in [-0.39, 0.29) is 23.0 Å². The number of benzene rings is 1. The Labute approximate surface area is 103 Å². The summed E-state index contributed by atoms with van der Waals surface area (Å²) in [7, 11) is 0. The van der Waals surface area contributed by atoms with E-state index in [1.165, 1.54) is 12.1 Å². The Bertz CT molecular complexity index is 352. The first kappa shape index (κ1) is 15.5. The molecule has 6 heteroatoms. The summed E-state index contributed by atoms with van der Waals surface area (Å²) in [6.45, 7) is 1.74. The van der Waals surface area contributed by atoms with Gasteiger partial charge in [0.25, 0.3) is 0 Å². The van der Waals surface area contributed by atoms with Crippen LogP contribution in [0.15, 0.2) is 18.2 Å². The maximum Gasteiger partial charge on any atom is 0.416 e. The van der Waals surface area contributed by atoms with Crippen molar-refractivity contribution in [2.45, 2.75) is 25.6 Å². The lowest BCUT2D eigenvalue weighted by Gasteiger charge is -2.17. The van der Waals surface area contributed by atoms with Crippen molar-refractivity contribution in [2.75, 3.05) is 0 Å². The molecule has 0 unspecified atom stereocenters. The van der Waals surface area contributed by atoms with E-state index in [1.54, 1.807) is 6.92 Å². The molecule has 1 nitrogen and oxygen atoms in total. The fourth-order valence-corrected chi connectivity index (χ4v) is 1.49. The van der Waals surface area contributed by atoms with Crippen LogP contribution in [0.3, 0.4) is 0 Å². The predicted molar refractivity (Wildman–Crippen MR) is 60.9 cm³/mol. The van der Waals surface area contributed by atoms with E-state index in [9.17, 15) is 13.2 Å². The van der Waals surface area contributed by atoms with Gasteiger partial charge in [-0.05, 0) is 24.1 Å². The van der Waals surface area contributed by atoms with Crippen molar-refractivity contribution in [1.29, 1.82) is 0 Å². The lowest BCUT2D eigenvalue weighted by atomic mass is 9.99. The first-order valence-electron chi connectivity index (χ1n) is 4.48. The highest BCUT2D eigenvalue weighted by Gasteiger charge is 2.34. The first-order chi connectivity index (χ1) is 6.86. The van der Waals surface area contributed by atoms with Gasteiger partial charge in [-0.3, -0.25) is 0 Å². The summed E-state index contributed by atoms with van der Waals surface area (Å²) < 4.78 is 37.8. The number of alkyl halides is 3. The highest BCUT2D eigenvalue weighted by atomic mass is 35.5. The van der Waals surface area contributed by atoms with Crippen LogP contribution in [0.4, 0.5) is 13.2 Å². The summed E-state index contributed by atoms with van der Waals surface area (Å²) >= 11 is 5.53. The summed E-state index contributed by atoms with van der Waals surface area (Å²) in [5, 5.41) is 0.0642. The van der Waals surface area contributed by atoms with E-state index in [0.29, 0.717) is 6.42 Å². The lowest BCUT2D eigenvalue weighted by molar-refractivity contribution is -0.138. The number of hydrogen-bond donors (Lipinski definition) is 1. The van der Waals surface area contributed by atoms with Gasteiger partial charge in [-0.25, -0.2) is 0 Å². The van der Waals surface area contributed by atoms with Gasteiger partial charge in [-0.2, -0.15) is 13.2 Å². The van der Waals surface area contributed by atoms with Crippen molar-refractivity contribution < 1.29 is 13.2 Å². The van der Waals surface area contributed by atoms with Crippen molar-refractivity contribution in [1.82, 2.24) is 0 Å². The van der Waals surface area contributed by atoms with Gasteiger partial charge in [0.15, 0.2) is 0 Å². The van der Waals surface area contributed by atoms with Crippen LogP contribution in [0.1, 0.15) is 30.5 Å². The number of hydrogen-bond acceptors (Lipinski definition) is 1. The standard InChI is InChI=1S/C10H11ClF3N.ClH/c1-2-9(15)7-4-3-6(11)5-8(7)10(12,13)14;/h3-5,9H,2,15H2,1H3;1H/t9-;/m0./s1. The number of rotatable bonds is 2. The molecule has 2 N–H and O–H groups in total. The molecule has 92 valence electrons. The van der Waals surface area contributed by atoms with E-state index < -0.39 is 17.8 Å². The van der Waals surface area contributed by atoms with Gasteiger partial charge in [0.2, 0.25) is 0 Å². The first-order valence-corrected chi connectivity index (χ1v) is 4.86. The molecule has 0 radical (unpaired) electrons. The Morgan fingerprint density at radius 1 is 1.38 bits per heavy atom. The van der Waals surface area contributed by atoms with Crippen LogP contribution >= 0.6 is 24.0 Å². The molecule has 1 aromatic carbocycles. The van der Waals surface area contributed by atoms with Crippen LogP contribution in [0.25, 0.3) is 0 Å². The second kappa shape index (κ2) is 5.75. The summed E-state index contributed by atoms with van der Waals surface area (Å²) in [5.41, 5.74) is 4.94. The van der Waals surface area contributed by atoms with Crippen molar-refractivity contribution in [2.24, 2.45) is 5.73 Å². The molecule has 0 spiro atoms. The highest BCUT2D eigenvalue weighted by molar-refractivity contribution is 6.30. The van der Waals surface area contributed by atoms with Gasteiger partial charge in [0.05, 0.1) is 5.56 Å². The zero-order valence-corrected chi connectivity index (χ0v) is 10.1. The molecule has 0 saturated carbocycles. The van der Waals surface area contributed by atoms with Crippen LogP contribution in [0.5, 0.6) is 0 Å². The molecule has 0 bridgehead atoms. The lowest BCUT2D eigenvalue weighted by Crippen LogP contribution is -2.16. The summed E-state index contributed by atoms with van der Waals surface area (Å²) in [5.74, 6) is 0. The maximum atomic E-state index is 12.6. The Kier molecular flexibility index (Phi) is 5.59. The Morgan fingerprint density at radius 2 is 1.94 bits per heavy atom. The molecular weight excluding hydrogens is 262 g/mol. The van der Waals surface area contributed by atoms with Crippen LogP contribution in [-0.4, -0.2) is 0 Å². The van der Waals surface area contributed by atoms with Gasteiger partial charge < -0.3 is 5.73 Å². The maximum absolute atomic E-state index is 12.6. The Morgan fingerprint density at radius 3 is 2.38 bits per heavy atom. The van der Waals surface area contributed by atoms with Crippen LogP contribution < -0.4 is 5.73 Å². The second-order valence-corrected chi connectivity index (χ2v) is 3.68. The van der Waals surface area contributed by atoms with E-state index >= 15 is 0 Å².